The minimum absolute atomic E-state index is 0.0572. The van der Waals surface area contributed by atoms with Gasteiger partial charge in [-0.05, 0) is 51.3 Å². The van der Waals surface area contributed by atoms with Gasteiger partial charge in [0.25, 0.3) is 5.91 Å². The van der Waals surface area contributed by atoms with Gasteiger partial charge in [0.1, 0.15) is 11.9 Å². The standard InChI is InChI=1S/C19H26N2O4/c1-19(2,3)25-18(24)20-11-14-6-8-16(9-7-14)17(23)21-10-4-5-15(12-21)13-22/h6-9,13,15H,4-5,10-12H2,1-3H3,(H,20,24). The number of carbonyl (C=O) groups is 3. The predicted molar refractivity (Wildman–Crippen MR) is 94.2 cm³/mol. The van der Waals surface area contributed by atoms with Crippen molar-refractivity contribution < 1.29 is 19.1 Å². The normalized spacial score (nSPS) is 17.7. The fourth-order valence-electron chi connectivity index (χ4n) is 2.74. The van der Waals surface area contributed by atoms with Crippen LogP contribution in [0.25, 0.3) is 0 Å². The quantitative estimate of drug-likeness (QED) is 0.851. The van der Waals surface area contributed by atoms with Crippen LogP contribution in [0.2, 0.25) is 0 Å². The van der Waals surface area contributed by atoms with Crippen LogP contribution in [0.5, 0.6) is 0 Å². The van der Waals surface area contributed by atoms with E-state index in [1.165, 1.54) is 0 Å². The summed E-state index contributed by atoms with van der Waals surface area (Å²) in [5, 5.41) is 2.69. The minimum Gasteiger partial charge on any atom is -0.444 e. The molecule has 1 N–H and O–H groups in total. The van der Waals surface area contributed by atoms with Gasteiger partial charge in [-0.25, -0.2) is 4.79 Å². The first-order chi connectivity index (χ1) is 11.8. The molecule has 25 heavy (non-hydrogen) atoms. The number of piperidine rings is 1. The van der Waals surface area contributed by atoms with Crippen molar-refractivity contribution in [2.24, 2.45) is 5.92 Å². The van der Waals surface area contributed by atoms with Gasteiger partial charge in [-0.1, -0.05) is 12.1 Å². The van der Waals surface area contributed by atoms with E-state index in [0.29, 0.717) is 25.2 Å². The lowest BCUT2D eigenvalue weighted by Gasteiger charge is -2.30. The number of aldehydes is 1. The number of benzene rings is 1. The molecule has 1 saturated heterocycles. The number of ether oxygens (including phenoxy) is 1. The summed E-state index contributed by atoms with van der Waals surface area (Å²) in [7, 11) is 0. The lowest BCUT2D eigenvalue weighted by Crippen LogP contribution is -2.40. The van der Waals surface area contributed by atoms with E-state index in [4.69, 9.17) is 4.74 Å². The zero-order valence-electron chi connectivity index (χ0n) is 15.1. The molecule has 1 aliphatic heterocycles. The van der Waals surface area contributed by atoms with Crippen LogP contribution in [0.3, 0.4) is 0 Å². The second kappa shape index (κ2) is 8.14. The summed E-state index contributed by atoms with van der Waals surface area (Å²) >= 11 is 0. The Kier molecular flexibility index (Phi) is 6.17. The monoisotopic (exact) mass is 346 g/mol. The highest BCUT2D eigenvalue weighted by molar-refractivity contribution is 5.94. The molecule has 1 aromatic rings. The van der Waals surface area contributed by atoms with E-state index in [0.717, 1.165) is 24.7 Å². The van der Waals surface area contributed by atoms with Crippen molar-refractivity contribution in [2.45, 2.75) is 45.8 Å². The van der Waals surface area contributed by atoms with Gasteiger partial charge in [0, 0.05) is 31.1 Å². The summed E-state index contributed by atoms with van der Waals surface area (Å²) in [6.07, 6.45) is 2.17. The summed E-state index contributed by atoms with van der Waals surface area (Å²) < 4.78 is 5.18. The van der Waals surface area contributed by atoms with E-state index in [1.54, 1.807) is 17.0 Å². The van der Waals surface area contributed by atoms with E-state index >= 15 is 0 Å². The molecule has 1 aliphatic rings. The first kappa shape index (κ1) is 19.0. The van der Waals surface area contributed by atoms with Crippen LogP contribution >= 0.6 is 0 Å². The molecule has 0 aliphatic carbocycles. The minimum atomic E-state index is -0.534. The van der Waals surface area contributed by atoms with Gasteiger partial charge in [0.05, 0.1) is 0 Å². The van der Waals surface area contributed by atoms with Crippen molar-refractivity contribution in [1.82, 2.24) is 10.2 Å². The van der Waals surface area contributed by atoms with Crippen molar-refractivity contribution in [1.29, 1.82) is 0 Å². The molecule has 6 heteroatoms. The third-order valence-corrected chi connectivity index (χ3v) is 3.97. The molecule has 0 aromatic heterocycles. The number of amides is 2. The number of nitrogens with one attached hydrogen (secondary N) is 1. The third-order valence-electron chi connectivity index (χ3n) is 3.97. The molecule has 2 rings (SSSR count). The van der Waals surface area contributed by atoms with Crippen LogP contribution < -0.4 is 5.32 Å². The molecule has 6 nitrogen and oxygen atoms in total. The van der Waals surface area contributed by atoms with Crippen LogP contribution in [0.15, 0.2) is 24.3 Å². The van der Waals surface area contributed by atoms with Crippen molar-refractivity contribution >= 4 is 18.3 Å². The lowest BCUT2D eigenvalue weighted by molar-refractivity contribution is -0.112. The van der Waals surface area contributed by atoms with Crippen LogP contribution in [0.4, 0.5) is 4.79 Å². The molecule has 2 amide bonds. The number of hydrogen-bond acceptors (Lipinski definition) is 4. The Morgan fingerprint density at radius 1 is 1.28 bits per heavy atom. The number of alkyl carbamates (subject to hydrolysis) is 1. The van der Waals surface area contributed by atoms with Gasteiger partial charge in [-0.2, -0.15) is 0 Å². The number of nitrogens with zero attached hydrogens (tertiary/aromatic N) is 1. The maximum Gasteiger partial charge on any atom is 0.407 e. The largest absolute Gasteiger partial charge is 0.444 e. The molecule has 1 unspecified atom stereocenters. The van der Waals surface area contributed by atoms with E-state index in [1.807, 2.05) is 32.9 Å². The number of hydrogen-bond donors (Lipinski definition) is 1. The van der Waals surface area contributed by atoms with Crippen LogP contribution in [-0.2, 0) is 16.1 Å². The zero-order valence-corrected chi connectivity index (χ0v) is 15.1. The lowest BCUT2D eigenvalue weighted by atomic mass is 9.99. The molecule has 0 radical (unpaired) electrons. The van der Waals surface area contributed by atoms with Crippen molar-refractivity contribution in [3.05, 3.63) is 35.4 Å². The topological polar surface area (TPSA) is 75.7 Å². The fraction of sp³-hybridized carbons (Fsp3) is 0.526. The average molecular weight is 346 g/mol. The maximum absolute atomic E-state index is 12.5. The summed E-state index contributed by atoms with van der Waals surface area (Å²) in [5.41, 5.74) is 0.938. The van der Waals surface area contributed by atoms with E-state index in [9.17, 15) is 14.4 Å². The van der Waals surface area contributed by atoms with Crippen molar-refractivity contribution in [3.63, 3.8) is 0 Å². The molecular formula is C19H26N2O4. The Morgan fingerprint density at radius 2 is 1.96 bits per heavy atom. The van der Waals surface area contributed by atoms with Crippen LogP contribution in [0, 0.1) is 5.92 Å². The highest BCUT2D eigenvalue weighted by Crippen LogP contribution is 2.17. The highest BCUT2D eigenvalue weighted by Gasteiger charge is 2.24. The first-order valence-corrected chi connectivity index (χ1v) is 8.59. The van der Waals surface area contributed by atoms with Crippen LogP contribution in [-0.4, -0.2) is 41.9 Å². The molecule has 1 atom stereocenters. The van der Waals surface area contributed by atoms with Gasteiger partial charge < -0.3 is 19.7 Å². The maximum atomic E-state index is 12.5. The van der Waals surface area contributed by atoms with Gasteiger partial charge >= 0.3 is 6.09 Å². The Labute approximate surface area is 148 Å². The SMILES string of the molecule is CC(C)(C)OC(=O)NCc1ccc(C(=O)N2CCCC(C=O)C2)cc1. The number of likely N-dealkylation sites (tertiary alicyclic amines) is 1. The molecule has 136 valence electrons. The highest BCUT2D eigenvalue weighted by atomic mass is 16.6. The van der Waals surface area contributed by atoms with E-state index < -0.39 is 11.7 Å². The Morgan fingerprint density at radius 3 is 2.56 bits per heavy atom. The summed E-state index contributed by atoms with van der Waals surface area (Å²) in [6.45, 7) is 6.93. The molecule has 1 aromatic carbocycles. The predicted octanol–water partition coefficient (Wildman–Crippen LogP) is 2.76. The second-order valence-corrected chi connectivity index (χ2v) is 7.34. The summed E-state index contributed by atoms with van der Waals surface area (Å²) in [5.74, 6) is -0.117. The van der Waals surface area contributed by atoms with E-state index in [-0.39, 0.29) is 11.8 Å². The van der Waals surface area contributed by atoms with Gasteiger partial charge in [-0.15, -0.1) is 0 Å². The van der Waals surface area contributed by atoms with E-state index in [2.05, 4.69) is 5.32 Å². The molecular weight excluding hydrogens is 320 g/mol. The molecule has 0 spiro atoms. The Hall–Kier alpha value is -2.37. The first-order valence-electron chi connectivity index (χ1n) is 8.59. The average Bonchev–Trinajstić information content (AvgIpc) is 2.58. The van der Waals surface area contributed by atoms with Gasteiger partial charge in [-0.3, -0.25) is 4.79 Å². The molecule has 0 saturated carbocycles. The second-order valence-electron chi connectivity index (χ2n) is 7.34. The van der Waals surface area contributed by atoms with Crippen molar-refractivity contribution in [2.75, 3.05) is 13.1 Å². The Bertz CT molecular complexity index is 619. The van der Waals surface area contributed by atoms with Gasteiger partial charge in [0.2, 0.25) is 0 Å². The molecule has 0 bridgehead atoms. The molecule has 1 fully saturated rings. The number of carbonyl (C=O) groups excluding carboxylic acids is 3. The smallest absolute Gasteiger partial charge is 0.407 e. The summed E-state index contributed by atoms with van der Waals surface area (Å²) in [4.78, 5) is 36.8. The zero-order chi connectivity index (χ0) is 18.4. The molecule has 1 heterocycles. The van der Waals surface area contributed by atoms with Crippen LogP contribution in [0.1, 0.15) is 49.5 Å². The van der Waals surface area contributed by atoms with Crippen molar-refractivity contribution in [3.8, 4) is 0 Å². The van der Waals surface area contributed by atoms with Gasteiger partial charge in [0.15, 0.2) is 0 Å². The number of rotatable bonds is 4. The third kappa shape index (κ3) is 5.89. The summed E-state index contributed by atoms with van der Waals surface area (Å²) in [6, 6.07) is 7.12. The Balaban J connectivity index is 1.90. The fourth-order valence-corrected chi connectivity index (χ4v) is 2.74.